The number of hydrogen-bond donors (Lipinski definition) is 0. The van der Waals surface area contributed by atoms with Crippen molar-refractivity contribution in [1.29, 1.82) is 0 Å². The monoisotopic (exact) mass is 391 g/mol. The first-order valence-corrected chi connectivity index (χ1v) is 12.2. The Bertz CT molecular complexity index is 468. The summed E-state index contributed by atoms with van der Waals surface area (Å²) >= 11 is 0. The number of nitrogens with zero attached hydrogens (tertiary/aromatic N) is 3. The van der Waals surface area contributed by atoms with Crippen LogP contribution in [-0.4, -0.2) is 73.0 Å². The van der Waals surface area contributed by atoms with E-state index >= 15 is 0 Å². The first-order valence-electron chi connectivity index (χ1n) is 12.2. The van der Waals surface area contributed by atoms with Gasteiger partial charge in [0.05, 0.1) is 0 Å². The summed E-state index contributed by atoms with van der Waals surface area (Å²) in [6.45, 7) is 18.6. The first kappa shape index (κ1) is 22.1. The molecule has 3 fully saturated rings. The van der Waals surface area contributed by atoms with Crippen LogP contribution in [0.4, 0.5) is 0 Å². The Morgan fingerprint density at radius 2 is 1.36 bits per heavy atom. The highest BCUT2D eigenvalue weighted by molar-refractivity contribution is 5.79. The van der Waals surface area contributed by atoms with Crippen LogP contribution < -0.4 is 0 Å². The molecule has 3 aliphatic rings. The average molecular weight is 392 g/mol. The molecule has 162 valence electrons. The van der Waals surface area contributed by atoms with E-state index in [4.69, 9.17) is 0 Å². The van der Waals surface area contributed by atoms with Gasteiger partial charge in [-0.15, -0.1) is 0 Å². The molecule has 0 spiro atoms. The highest BCUT2D eigenvalue weighted by Gasteiger charge is 2.32. The van der Waals surface area contributed by atoms with Crippen molar-refractivity contribution in [3.63, 3.8) is 0 Å². The highest BCUT2D eigenvalue weighted by atomic mass is 16.2. The maximum atomic E-state index is 13.0. The van der Waals surface area contributed by atoms with Crippen LogP contribution in [0.5, 0.6) is 0 Å². The molecule has 3 aliphatic heterocycles. The van der Waals surface area contributed by atoms with E-state index in [0.29, 0.717) is 5.91 Å². The maximum absolute atomic E-state index is 13.0. The summed E-state index contributed by atoms with van der Waals surface area (Å²) < 4.78 is 0. The summed E-state index contributed by atoms with van der Waals surface area (Å²) in [6, 6.07) is 0. The van der Waals surface area contributed by atoms with E-state index in [1.54, 1.807) is 0 Å². The van der Waals surface area contributed by atoms with Crippen molar-refractivity contribution in [3.05, 3.63) is 0 Å². The Hall–Kier alpha value is -0.610. The lowest BCUT2D eigenvalue weighted by molar-refractivity contribution is -0.138. The third-order valence-corrected chi connectivity index (χ3v) is 7.58. The molecular formula is C24H45N3O. The van der Waals surface area contributed by atoms with E-state index in [2.05, 4.69) is 42.4 Å². The second kappa shape index (κ2) is 10.4. The molecule has 0 N–H and O–H groups in total. The van der Waals surface area contributed by atoms with Crippen molar-refractivity contribution in [3.8, 4) is 0 Å². The number of amides is 1. The molecule has 0 saturated carbocycles. The Morgan fingerprint density at radius 3 is 1.89 bits per heavy atom. The zero-order valence-corrected chi connectivity index (χ0v) is 19.0. The van der Waals surface area contributed by atoms with Crippen molar-refractivity contribution >= 4 is 5.91 Å². The molecule has 0 atom stereocenters. The van der Waals surface area contributed by atoms with Gasteiger partial charge in [-0.05, 0) is 88.4 Å². The Morgan fingerprint density at radius 1 is 0.786 bits per heavy atom. The number of carbonyl (C=O) groups excluding carboxylic acids is 1. The molecule has 0 unspecified atom stereocenters. The molecule has 3 heterocycles. The van der Waals surface area contributed by atoms with Crippen LogP contribution in [0.3, 0.4) is 0 Å². The van der Waals surface area contributed by atoms with Crippen molar-refractivity contribution in [2.24, 2.45) is 29.6 Å². The van der Waals surface area contributed by atoms with Crippen LogP contribution in [0.2, 0.25) is 0 Å². The smallest absolute Gasteiger partial charge is 0.225 e. The molecule has 0 bridgehead atoms. The lowest BCUT2D eigenvalue weighted by Gasteiger charge is -2.40. The van der Waals surface area contributed by atoms with Crippen LogP contribution in [0.1, 0.15) is 66.2 Å². The summed E-state index contributed by atoms with van der Waals surface area (Å²) in [5.74, 6) is 4.04. The van der Waals surface area contributed by atoms with Crippen LogP contribution >= 0.6 is 0 Å². The van der Waals surface area contributed by atoms with Crippen molar-refractivity contribution in [2.75, 3.05) is 52.4 Å². The van der Waals surface area contributed by atoms with Gasteiger partial charge in [0.25, 0.3) is 0 Å². The topological polar surface area (TPSA) is 26.8 Å². The minimum absolute atomic E-state index is 0.287. The summed E-state index contributed by atoms with van der Waals surface area (Å²) in [7, 11) is 0. The lowest BCUT2D eigenvalue weighted by Crippen LogP contribution is -2.47. The van der Waals surface area contributed by atoms with Gasteiger partial charge >= 0.3 is 0 Å². The van der Waals surface area contributed by atoms with Crippen molar-refractivity contribution < 1.29 is 4.79 Å². The molecule has 28 heavy (non-hydrogen) atoms. The fraction of sp³-hybridized carbons (Fsp3) is 0.958. The highest BCUT2D eigenvalue weighted by Crippen LogP contribution is 2.28. The Labute approximate surface area is 174 Å². The van der Waals surface area contributed by atoms with Gasteiger partial charge < -0.3 is 14.7 Å². The third kappa shape index (κ3) is 6.19. The quantitative estimate of drug-likeness (QED) is 0.686. The third-order valence-electron chi connectivity index (χ3n) is 7.58. The summed E-state index contributed by atoms with van der Waals surface area (Å²) in [5, 5.41) is 0. The SMILES string of the molecule is CC(C)CN1CCC(C(=O)N2CCC(CN3CCC(C(C)C)CC3)CC2)CC1. The zero-order chi connectivity index (χ0) is 20.1. The maximum Gasteiger partial charge on any atom is 0.225 e. The molecule has 0 aromatic heterocycles. The van der Waals surface area contributed by atoms with Crippen molar-refractivity contribution in [1.82, 2.24) is 14.7 Å². The first-order chi connectivity index (χ1) is 13.4. The molecule has 1 amide bonds. The van der Waals surface area contributed by atoms with Gasteiger partial charge in [-0.3, -0.25) is 4.79 Å². The molecule has 0 aromatic carbocycles. The molecule has 0 aromatic rings. The van der Waals surface area contributed by atoms with Crippen molar-refractivity contribution in [2.45, 2.75) is 66.2 Å². The van der Waals surface area contributed by atoms with Gasteiger partial charge in [0.15, 0.2) is 0 Å². The number of piperidine rings is 3. The van der Waals surface area contributed by atoms with E-state index < -0.39 is 0 Å². The number of likely N-dealkylation sites (tertiary alicyclic amines) is 3. The van der Waals surface area contributed by atoms with Gasteiger partial charge in [0.2, 0.25) is 5.91 Å². The van der Waals surface area contributed by atoms with E-state index in [0.717, 1.165) is 62.7 Å². The van der Waals surface area contributed by atoms with Gasteiger partial charge in [-0.25, -0.2) is 0 Å². The second-order valence-electron chi connectivity index (χ2n) is 10.6. The minimum atomic E-state index is 0.287. The van der Waals surface area contributed by atoms with E-state index in [1.165, 1.54) is 51.9 Å². The Kier molecular flexibility index (Phi) is 8.22. The fourth-order valence-electron chi connectivity index (χ4n) is 5.64. The number of carbonyl (C=O) groups is 1. The molecule has 0 radical (unpaired) electrons. The molecule has 3 saturated heterocycles. The molecular weight excluding hydrogens is 346 g/mol. The molecule has 0 aliphatic carbocycles. The largest absolute Gasteiger partial charge is 0.342 e. The van der Waals surface area contributed by atoms with E-state index in [-0.39, 0.29) is 5.92 Å². The minimum Gasteiger partial charge on any atom is -0.342 e. The van der Waals surface area contributed by atoms with Gasteiger partial charge in [-0.2, -0.15) is 0 Å². The summed E-state index contributed by atoms with van der Waals surface area (Å²) in [4.78, 5) is 20.4. The number of hydrogen-bond acceptors (Lipinski definition) is 3. The van der Waals surface area contributed by atoms with Gasteiger partial charge in [-0.1, -0.05) is 27.7 Å². The van der Waals surface area contributed by atoms with Crippen LogP contribution in [0, 0.1) is 29.6 Å². The normalized spacial score (nSPS) is 25.1. The van der Waals surface area contributed by atoms with Crippen LogP contribution in [-0.2, 0) is 4.79 Å². The van der Waals surface area contributed by atoms with E-state index in [9.17, 15) is 4.79 Å². The fourth-order valence-corrected chi connectivity index (χ4v) is 5.64. The van der Waals surface area contributed by atoms with Crippen LogP contribution in [0.15, 0.2) is 0 Å². The second-order valence-corrected chi connectivity index (χ2v) is 10.6. The van der Waals surface area contributed by atoms with E-state index in [1.807, 2.05) is 0 Å². The summed E-state index contributed by atoms with van der Waals surface area (Å²) in [5.41, 5.74) is 0. The Balaban J connectivity index is 1.34. The summed E-state index contributed by atoms with van der Waals surface area (Å²) in [6.07, 6.45) is 7.31. The standard InChI is InChI=1S/C24H45N3O/c1-19(2)17-25-13-9-23(10-14-25)24(28)27-15-5-21(6-16-27)18-26-11-7-22(8-12-26)20(3)4/h19-23H,5-18H2,1-4H3. The predicted molar refractivity (Wildman–Crippen MR) is 117 cm³/mol. The van der Waals surface area contributed by atoms with Gasteiger partial charge in [0.1, 0.15) is 0 Å². The van der Waals surface area contributed by atoms with Crippen LogP contribution in [0.25, 0.3) is 0 Å². The lowest BCUT2D eigenvalue weighted by atomic mass is 9.86. The molecule has 4 nitrogen and oxygen atoms in total. The average Bonchev–Trinajstić information content (AvgIpc) is 2.68. The number of rotatable bonds is 6. The predicted octanol–water partition coefficient (Wildman–Crippen LogP) is 3.96. The van der Waals surface area contributed by atoms with Gasteiger partial charge in [0, 0.05) is 32.1 Å². The molecule has 3 rings (SSSR count). The molecule has 4 heteroatoms. The zero-order valence-electron chi connectivity index (χ0n) is 19.0.